The fourth-order valence-corrected chi connectivity index (χ4v) is 0.318. The third-order valence-electron chi connectivity index (χ3n) is 0.390. The third-order valence-corrected chi connectivity index (χ3v) is 0.908. The summed E-state index contributed by atoms with van der Waals surface area (Å²) in [5, 5.41) is -1.72. The van der Waals surface area contributed by atoms with Crippen molar-refractivity contribution in [3.05, 3.63) is 12.8 Å². The summed E-state index contributed by atoms with van der Waals surface area (Å²) in [6.45, 7) is 2.90. The van der Waals surface area contributed by atoms with E-state index in [9.17, 15) is 13.2 Å². The maximum Gasteiger partial charge on any atom is 0.456 e. The summed E-state index contributed by atoms with van der Waals surface area (Å²) in [5.41, 5.74) is 0. The van der Waals surface area contributed by atoms with Gasteiger partial charge in [0, 0.05) is 0 Å². The van der Waals surface area contributed by atoms with Crippen molar-refractivity contribution in [2.24, 2.45) is 0 Å². The van der Waals surface area contributed by atoms with Crippen molar-refractivity contribution in [1.29, 1.82) is 0 Å². The molecule has 0 aliphatic rings. The van der Waals surface area contributed by atoms with Gasteiger partial charge < -0.3 is 4.74 Å². The number of hydrogen-bond donors (Lipinski definition) is 1. The number of carbonyl (C=O) groups is 1. The first kappa shape index (κ1) is 8.12. The molecule has 0 spiro atoms. The van der Waals surface area contributed by atoms with E-state index in [4.69, 9.17) is 4.55 Å². The zero-order chi connectivity index (χ0) is 7.49. The summed E-state index contributed by atoms with van der Waals surface area (Å²) in [6, 6.07) is 0. The van der Waals surface area contributed by atoms with Crippen molar-refractivity contribution >= 4 is 15.4 Å². The smallest absolute Gasteiger partial charge is 0.422 e. The summed E-state index contributed by atoms with van der Waals surface area (Å²) in [7, 11) is -4.70. The topological polar surface area (TPSA) is 80.7 Å². The van der Waals surface area contributed by atoms with Gasteiger partial charge in [0.1, 0.15) is 0 Å². The maximum absolute atomic E-state index is 9.93. The number of carbonyl (C=O) groups excluding carboxylic acids is 1. The fraction of sp³-hybridized carbons (Fsp3) is 0. The van der Waals surface area contributed by atoms with Crippen molar-refractivity contribution < 1.29 is 22.5 Å². The van der Waals surface area contributed by atoms with Gasteiger partial charge in [0.15, 0.2) is 0 Å². The minimum Gasteiger partial charge on any atom is -0.422 e. The van der Waals surface area contributed by atoms with Crippen molar-refractivity contribution in [1.82, 2.24) is 0 Å². The van der Waals surface area contributed by atoms with E-state index >= 15 is 0 Å². The first-order valence-electron chi connectivity index (χ1n) is 1.77. The Balaban J connectivity index is 4.24. The number of ether oxygens (including phenoxy) is 1. The molecule has 0 aliphatic heterocycles. The molecule has 0 radical (unpaired) electrons. The quantitative estimate of drug-likeness (QED) is 0.328. The molecule has 0 fully saturated rings. The van der Waals surface area contributed by atoms with Gasteiger partial charge in [-0.05, 0) is 0 Å². The third kappa shape index (κ3) is 2.83. The van der Waals surface area contributed by atoms with Crippen molar-refractivity contribution in [2.45, 2.75) is 0 Å². The average Bonchev–Trinajstić information content (AvgIpc) is 1.64. The van der Waals surface area contributed by atoms with E-state index in [1.165, 1.54) is 0 Å². The van der Waals surface area contributed by atoms with Gasteiger partial charge in [0.25, 0.3) is 0 Å². The normalized spacial score (nSPS) is 10.3. The second-order valence-electron chi connectivity index (χ2n) is 1.01. The van der Waals surface area contributed by atoms with Crippen molar-refractivity contribution in [2.75, 3.05) is 0 Å². The molecular formula is C3H4O5S. The minimum atomic E-state index is -4.70. The summed E-state index contributed by atoms with van der Waals surface area (Å²) < 4.78 is 31.1. The molecule has 0 saturated heterocycles. The van der Waals surface area contributed by atoms with E-state index in [0.717, 1.165) is 0 Å². The van der Waals surface area contributed by atoms with Crippen LogP contribution in [0.5, 0.6) is 0 Å². The van der Waals surface area contributed by atoms with Gasteiger partial charge >= 0.3 is 15.4 Å². The number of rotatable bonds is 1. The molecule has 0 atom stereocenters. The average molecular weight is 152 g/mol. The van der Waals surface area contributed by atoms with Crippen LogP contribution in [0.25, 0.3) is 0 Å². The lowest BCUT2D eigenvalue weighted by atomic mass is 11.1. The molecule has 6 heteroatoms. The standard InChI is InChI=1S/C3H4O5S/c1-2-8-3(4)9(5,6)7/h2H,1H2,(H,5,6,7). The largest absolute Gasteiger partial charge is 0.456 e. The molecule has 0 bridgehead atoms. The van der Waals surface area contributed by atoms with Gasteiger partial charge in [-0.25, -0.2) is 4.79 Å². The van der Waals surface area contributed by atoms with E-state index in [2.05, 4.69) is 11.3 Å². The lowest BCUT2D eigenvalue weighted by Crippen LogP contribution is -2.11. The highest BCUT2D eigenvalue weighted by atomic mass is 32.2. The first-order valence-corrected chi connectivity index (χ1v) is 3.21. The Morgan fingerprint density at radius 2 is 2.11 bits per heavy atom. The zero-order valence-corrected chi connectivity index (χ0v) is 5.09. The van der Waals surface area contributed by atoms with Gasteiger partial charge in [-0.15, -0.1) is 0 Å². The van der Waals surface area contributed by atoms with Crippen LogP contribution in [0.3, 0.4) is 0 Å². The van der Waals surface area contributed by atoms with E-state index in [-0.39, 0.29) is 0 Å². The second-order valence-corrected chi connectivity index (χ2v) is 2.29. The molecule has 1 N–H and O–H groups in total. The lowest BCUT2D eigenvalue weighted by molar-refractivity contribution is 0.208. The van der Waals surface area contributed by atoms with Crippen LogP contribution in [0.1, 0.15) is 0 Å². The monoisotopic (exact) mass is 152 g/mol. The molecule has 52 valence electrons. The molecule has 0 amide bonds. The van der Waals surface area contributed by atoms with Gasteiger partial charge in [0.05, 0.1) is 6.26 Å². The van der Waals surface area contributed by atoms with Crippen LogP contribution in [-0.4, -0.2) is 18.3 Å². The fourth-order valence-electron chi connectivity index (χ4n) is 0.129. The van der Waals surface area contributed by atoms with E-state index < -0.39 is 15.4 Å². The molecule has 0 aromatic heterocycles. The first-order chi connectivity index (χ1) is 3.98. The Labute approximate surface area is 51.7 Å². The predicted molar refractivity (Wildman–Crippen MR) is 28.2 cm³/mol. The molecule has 0 rings (SSSR count). The highest BCUT2D eigenvalue weighted by Crippen LogP contribution is 1.89. The van der Waals surface area contributed by atoms with Crippen molar-refractivity contribution in [3.8, 4) is 0 Å². The molecular weight excluding hydrogens is 148 g/mol. The summed E-state index contributed by atoms with van der Waals surface area (Å²) in [6.07, 6.45) is 0.607. The molecule has 5 nitrogen and oxygen atoms in total. The van der Waals surface area contributed by atoms with Crippen LogP contribution < -0.4 is 0 Å². The molecule has 0 heterocycles. The highest BCUT2D eigenvalue weighted by molar-refractivity contribution is 8.00. The van der Waals surface area contributed by atoms with Crippen molar-refractivity contribution in [3.63, 3.8) is 0 Å². The Morgan fingerprint density at radius 3 is 2.22 bits per heavy atom. The summed E-state index contributed by atoms with van der Waals surface area (Å²) in [5.74, 6) is 0. The van der Waals surface area contributed by atoms with Crippen LogP contribution in [0.4, 0.5) is 4.79 Å². The van der Waals surface area contributed by atoms with Gasteiger partial charge in [-0.3, -0.25) is 4.55 Å². The zero-order valence-electron chi connectivity index (χ0n) is 4.27. The molecule has 0 saturated carbocycles. The second kappa shape index (κ2) is 2.60. The molecule has 0 aromatic rings. The lowest BCUT2D eigenvalue weighted by Gasteiger charge is -1.90. The van der Waals surface area contributed by atoms with Crippen LogP contribution in [0.15, 0.2) is 12.8 Å². The molecule has 0 aromatic carbocycles. The van der Waals surface area contributed by atoms with Crippen LogP contribution in [0.2, 0.25) is 0 Å². The highest BCUT2D eigenvalue weighted by Gasteiger charge is 2.18. The minimum absolute atomic E-state index is 0.607. The van der Waals surface area contributed by atoms with Crippen LogP contribution in [-0.2, 0) is 14.9 Å². The van der Waals surface area contributed by atoms with Gasteiger partial charge in [0.2, 0.25) is 0 Å². The van der Waals surface area contributed by atoms with E-state index in [1.54, 1.807) is 0 Å². The molecule has 0 unspecified atom stereocenters. The van der Waals surface area contributed by atoms with Gasteiger partial charge in [-0.1, -0.05) is 6.58 Å². The molecule has 9 heavy (non-hydrogen) atoms. The SMILES string of the molecule is C=COC(=O)S(=O)(=O)O. The van der Waals surface area contributed by atoms with Crippen LogP contribution >= 0.6 is 0 Å². The Morgan fingerprint density at radius 1 is 1.67 bits per heavy atom. The van der Waals surface area contributed by atoms with Gasteiger partial charge in [-0.2, -0.15) is 8.42 Å². The maximum atomic E-state index is 9.93. The Kier molecular flexibility index (Phi) is 2.35. The molecule has 0 aliphatic carbocycles. The summed E-state index contributed by atoms with van der Waals surface area (Å²) >= 11 is 0. The Hall–Kier alpha value is -0.880. The van der Waals surface area contributed by atoms with Crippen LogP contribution in [0, 0.1) is 0 Å². The Bertz CT molecular complexity index is 212. The summed E-state index contributed by atoms with van der Waals surface area (Å²) in [4.78, 5) is 9.93. The van der Waals surface area contributed by atoms with E-state index in [0.29, 0.717) is 6.26 Å². The van der Waals surface area contributed by atoms with E-state index in [1.807, 2.05) is 0 Å². The predicted octanol–water partition coefficient (Wildman–Crippen LogP) is 0.154. The number of hydrogen-bond acceptors (Lipinski definition) is 4.